The van der Waals surface area contributed by atoms with E-state index in [2.05, 4.69) is 20.8 Å². The molecule has 3 aromatic rings. The molecule has 0 aliphatic rings. The molecule has 1 amide bonds. The molecule has 3 rings (SSSR count). The minimum Gasteiger partial charge on any atom is -0.345 e. The molecule has 1 N–H and O–H groups in total. The van der Waals surface area contributed by atoms with E-state index in [1.54, 1.807) is 10.7 Å². The van der Waals surface area contributed by atoms with Crippen molar-refractivity contribution in [2.75, 3.05) is 0 Å². The Kier molecular flexibility index (Phi) is 3.91. The third-order valence-electron chi connectivity index (χ3n) is 3.22. The van der Waals surface area contributed by atoms with Crippen molar-refractivity contribution >= 4 is 5.91 Å². The van der Waals surface area contributed by atoms with E-state index in [0.29, 0.717) is 11.4 Å². The number of hydrogen-bond acceptors (Lipinski definition) is 4. The van der Waals surface area contributed by atoms with Crippen molar-refractivity contribution in [1.82, 2.24) is 25.5 Å². The predicted octanol–water partition coefficient (Wildman–Crippen LogP) is 1.90. The van der Waals surface area contributed by atoms with Crippen molar-refractivity contribution in [3.63, 3.8) is 0 Å². The second kappa shape index (κ2) is 6.17. The van der Waals surface area contributed by atoms with Gasteiger partial charge in [-0.1, -0.05) is 35.9 Å². The van der Waals surface area contributed by atoms with E-state index in [1.807, 2.05) is 55.5 Å². The summed E-state index contributed by atoms with van der Waals surface area (Å²) >= 11 is 0. The summed E-state index contributed by atoms with van der Waals surface area (Å²) in [5.74, 6) is 0.429. The first-order chi connectivity index (χ1) is 10.7. The fraction of sp³-hybridized carbons (Fsp3) is 0.125. The van der Waals surface area contributed by atoms with Crippen molar-refractivity contribution in [2.45, 2.75) is 13.5 Å². The van der Waals surface area contributed by atoms with Crippen molar-refractivity contribution in [3.8, 4) is 5.69 Å². The van der Waals surface area contributed by atoms with Crippen molar-refractivity contribution in [3.05, 3.63) is 71.5 Å². The van der Waals surface area contributed by atoms with Crippen LogP contribution in [-0.2, 0) is 6.54 Å². The van der Waals surface area contributed by atoms with Gasteiger partial charge in [0.1, 0.15) is 0 Å². The summed E-state index contributed by atoms with van der Waals surface area (Å²) in [4.78, 5) is 12.2. The van der Waals surface area contributed by atoms with E-state index < -0.39 is 0 Å². The summed E-state index contributed by atoms with van der Waals surface area (Å²) in [7, 11) is 0. The molecule has 0 saturated carbocycles. The van der Waals surface area contributed by atoms with Crippen LogP contribution in [-0.4, -0.2) is 26.1 Å². The van der Waals surface area contributed by atoms with Crippen LogP contribution >= 0.6 is 0 Å². The SMILES string of the molecule is Cc1cccc(C(=O)NCc2nnnn2-c2ccccc2)c1. The fourth-order valence-electron chi connectivity index (χ4n) is 2.13. The Morgan fingerprint density at radius 3 is 2.73 bits per heavy atom. The Morgan fingerprint density at radius 1 is 1.14 bits per heavy atom. The second-order valence-electron chi connectivity index (χ2n) is 4.89. The van der Waals surface area contributed by atoms with E-state index in [4.69, 9.17) is 0 Å². The first-order valence-corrected chi connectivity index (χ1v) is 6.91. The molecule has 6 heteroatoms. The fourth-order valence-corrected chi connectivity index (χ4v) is 2.13. The van der Waals surface area contributed by atoms with Gasteiger partial charge in [-0.15, -0.1) is 5.10 Å². The van der Waals surface area contributed by atoms with E-state index in [1.165, 1.54) is 0 Å². The number of para-hydroxylation sites is 1. The lowest BCUT2D eigenvalue weighted by molar-refractivity contribution is 0.0949. The molecule has 2 aromatic carbocycles. The molecular weight excluding hydrogens is 278 g/mol. The van der Waals surface area contributed by atoms with Crippen LogP contribution in [0.1, 0.15) is 21.7 Å². The van der Waals surface area contributed by atoms with Gasteiger partial charge in [0.15, 0.2) is 5.82 Å². The van der Waals surface area contributed by atoms with Crippen molar-refractivity contribution in [2.24, 2.45) is 0 Å². The number of hydrogen-bond donors (Lipinski definition) is 1. The Morgan fingerprint density at radius 2 is 1.95 bits per heavy atom. The zero-order chi connectivity index (χ0) is 15.4. The highest BCUT2D eigenvalue weighted by Gasteiger charge is 2.10. The maximum atomic E-state index is 12.2. The molecule has 1 aromatic heterocycles. The van der Waals surface area contributed by atoms with Gasteiger partial charge in [0.05, 0.1) is 12.2 Å². The second-order valence-corrected chi connectivity index (χ2v) is 4.89. The summed E-state index contributed by atoms with van der Waals surface area (Å²) in [6.07, 6.45) is 0. The summed E-state index contributed by atoms with van der Waals surface area (Å²) in [5, 5.41) is 14.4. The number of aryl methyl sites for hydroxylation is 1. The summed E-state index contributed by atoms with van der Waals surface area (Å²) < 4.78 is 1.61. The molecule has 0 aliphatic carbocycles. The molecule has 0 atom stereocenters. The molecule has 110 valence electrons. The Bertz CT molecular complexity index is 782. The summed E-state index contributed by atoms with van der Waals surface area (Å²) in [6, 6.07) is 17.0. The average molecular weight is 293 g/mol. The maximum absolute atomic E-state index is 12.2. The Hall–Kier alpha value is -3.02. The van der Waals surface area contributed by atoms with E-state index >= 15 is 0 Å². The number of nitrogens with zero attached hydrogens (tertiary/aromatic N) is 4. The van der Waals surface area contributed by atoms with E-state index in [0.717, 1.165) is 11.3 Å². The quantitative estimate of drug-likeness (QED) is 0.797. The normalized spacial score (nSPS) is 10.4. The van der Waals surface area contributed by atoms with E-state index in [9.17, 15) is 4.79 Å². The highest BCUT2D eigenvalue weighted by Crippen LogP contribution is 2.07. The molecule has 0 bridgehead atoms. The van der Waals surface area contributed by atoms with Crippen LogP contribution in [0.25, 0.3) is 5.69 Å². The highest BCUT2D eigenvalue weighted by molar-refractivity contribution is 5.94. The van der Waals surface area contributed by atoms with Gasteiger partial charge in [0.25, 0.3) is 5.91 Å². The van der Waals surface area contributed by atoms with Gasteiger partial charge < -0.3 is 5.32 Å². The highest BCUT2D eigenvalue weighted by atomic mass is 16.1. The van der Waals surface area contributed by atoms with Crippen LogP contribution in [0.3, 0.4) is 0 Å². The molecule has 0 fully saturated rings. The molecule has 6 nitrogen and oxygen atoms in total. The number of benzene rings is 2. The largest absolute Gasteiger partial charge is 0.345 e. The topological polar surface area (TPSA) is 72.7 Å². The van der Waals surface area contributed by atoms with Crippen LogP contribution in [0.15, 0.2) is 54.6 Å². The van der Waals surface area contributed by atoms with Crippen LogP contribution in [0, 0.1) is 6.92 Å². The van der Waals surface area contributed by atoms with Gasteiger partial charge in [0.2, 0.25) is 0 Å². The van der Waals surface area contributed by atoms with Crippen molar-refractivity contribution in [1.29, 1.82) is 0 Å². The lowest BCUT2D eigenvalue weighted by Crippen LogP contribution is -2.24. The van der Waals surface area contributed by atoms with E-state index in [-0.39, 0.29) is 12.5 Å². The minimum atomic E-state index is -0.147. The molecule has 0 saturated heterocycles. The molecule has 0 unspecified atom stereocenters. The summed E-state index contributed by atoms with van der Waals surface area (Å²) in [6.45, 7) is 2.21. The Balaban J connectivity index is 1.73. The van der Waals surface area contributed by atoms with Gasteiger partial charge in [-0.05, 0) is 41.6 Å². The van der Waals surface area contributed by atoms with Gasteiger partial charge in [-0.3, -0.25) is 4.79 Å². The number of rotatable bonds is 4. The smallest absolute Gasteiger partial charge is 0.251 e. The zero-order valence-corrected chi connectivity index (χ0v) is 12.1. The number of aromatic nitrogens is 4. The summed E-state index contributed by atoms with van der Waals surface area (Å²) in [5.41, 5.74) is 2.52. The number of carbonyl (C=O) groups excluding carboxylic acids is 1. The van der Waals surface area contributed by atoms with Gasteiger partial charge in [0, 0.05) is 5.56 Å². The lowest BCUT2D eigenvalue weighted by atomic mass is 10.1. The van der Waals surface area contributed by atoms with Crippen LogP contribution in [0.5, 0.6) is 0 Å². The minimum absolute atomic E-state index is 0.147. The maximum Gasteiger partial charge on any atom is 0.251 e. The molecule has 0 spiro atoms. The number of tetrazole rings is 1. The first-order valence-electron chi connectivity index (χ1n) is 6.91. The van der Waals surface area contributed by atoms with Crippen LogP contribution < -0.4 is 5.32 Å². The van der Waals surface area contributed by atoms with Gasteiger partial charge >= 0.3 is 0 Å². The number of amides is 1. The monoisotopic (exact) mass is 293 g/mol. The third kappa shape index (κ3) is 3.01. The molecule has 22 heavy (non-hydrogen) atoms. The zero-order valence-electron chi connectivity index (χ0n) is 12.1. The van der Waals surface area contributed by atoms with Crippen LogP contribution in [0.2, 0.25) is 0 Å². The standard InChI is InChI=1S/C16H15N5O/c1-12-6-5-7-13(10-12)16(22)17-11-15-18-19-20-21(15)14-8-3-2-4-9-14/h2-10H,11H2,1H3,(H,17,22). The molecule has 1 heterocycles. The average Bonchev–Trinajstić information content (AvgIpc) is 3.02. The van der Waals surface area contributed by atoms with Crippen molar-refractivity contribution < 1.29 is 4.79 Å². The first kappa shape index (κ1) is 13.9. The van der Waals surface area contributed by atoms with Crippen LogP contribution in [0.4, 0.5) is 0 Å². The number of carbonyl (C=O) groups is 1. The predicted molar refractivity (Wildman–Crippen MR) is 81.5 cm³/mol. The Labute approximate surface area is 127 Å². The lowest BCUT2D eigenvalue weighted by Gasteiger charge is -2.06. The molecule has 0 aliphatic heterocycles. The van der Waals surface area contributed by atoms with Gasteiger partial charge in [-0.25, -0.2) is 0 Å². The number of nitrogens with one attached hydrogen (secondary N) is 1. The third-order valence-corrected chi connectivity index (χ3v) is 3.22. The molecule has 0 radical (unpaired) electrons. The van der Waals surface area contributed by atoms with Gasteiger partial charge in [-0.2, -0.15) is 4.68 Å². The molecular formula is C16H15N5O.